The van der Waals surface area contributed by atoms with Crippen molar-refractivity contribution in [3.8, 4) is 0 Å². The number of aldehydes is 1. The third-order valence-corrected chi connectivity index (χ3v) is 2.38. The fourth-order valence-corrected chi connectivity index (χ4v) is 1.52. The zero-order valence-electron chi connectivity index (χ0n) is 9.10. The molecular weight excluding hydrogens is 185 g/mol. The number of rotatable bonds is 6. The summed E-state index contributed by atoms with van der Waals surface area (Å²) in [6.45, 7) is 2.66. The average molecular weight is 201 g/mol. The van der Waals surface area contributed by atoms with Crippen molar-refractivity contribution >= 4 is 14.3 Å². The summed E-state index contributed by atoms with van der Waals surface area (Å²) in [5, 5.41) is 0. The molecule has 0 aromatic heterocycles. The number of carbonyl (C=O) groups excluding carboxylic acids is 1. The second kappa shape index (κ2) is 6.41. The Morgan fingerprint density at radius 1 is 1.40 bits per heavy atom. The normalized spacial score (nSPS) is 12.7. The Morgan fingerprint density at radius 2 is 2.07 bits per heavy atom. The van der Waals surface area contributed by atoms with Gasteiger partial charge in [-0.3, -0.25) is 0 Å². The van der Waals surface area contributed by atoms with Crippen molar-refractivity contribution in [2.75, 3.05) is 0 Å². The van der Waals surface area contributed by atoms with E-state index in [2.05, 4.69) is 0 Å². The predicted molar refractivity (Wildman–Crippen MR) is 62.5 cm³/mol. The molecule has 0 saturated carbocycles. The van der Waals surface area contributed by atoms with Gasteiger partial charge in [0.25, 0.3) is 0 Å². The van der Waals surface area contributed by atoms with Gasteiger partial charge >= 0.3 is 0 Å². The third kappa shape index (κ3) is 3.88. The molecule has 0 N–H and O–H groups in total. The van der Waals surface area contributed by atoms with Gasteiger partial charge in [-0.2, -0.15) is 0 Å². The van der Waals surface area contributed by atoms with Crippen LogP contribution in [0.5, 0.6) is 0 Å². The van der Waals surface area contributed by atoms with Gasteiger partial charge in [0.1, 0.15) is 6.29 Å². The fraction of sp³-hybridized carbons (Fsp3) is 0.417. The van der Waals surface area contributed by atoms with Crippen LogP contribution in [-0.2, 0) is 11.3 Å². The highest BCUT2D eigenvalue weighted by molar-refractivity contribution is 6.05. The molecule has 0 unspecified atom stereocenters. The summed E-state index contributed by atoms with van der Waals surface area (Å²) in [6, 6.07) is 9.75. The molecule has 3 heteroatoms. The van der Waals surface area contributed by atoms with Crippen LogP contribution in [0.25, 0.3) is 0 Å². The van der Waals surface area contributed by atoms with Crippen LogP contribution < -0.4 is 0 Å². The van der Waals surface area contributed by atoms with E-state index in [4.69, 9.17) is 7.98 Å². The maximum Gasteiger partial charge on any atom is 0.183 e. The van der Waals surface area contributed by atoms with Gasteiger partial charge in [-0.1, -0.05) is 43.7 Å². The summed E-state index contributed by atoms with van der Waals surface area (Å²) in [5.74, 6) is 0. The molecule has 0 saturated heterocycles. The van der Waals surface area contributed by atoms with Crippen LogP contribution in [0.1, 0.15) is 25.3 Å². The highest BCUT2D eigenvalue weighted by atomic mass is 16.1. The highest BCUT2D eigenvalue weighted by Gasteiger charge is 2.11. The van der Waals surface area contributed by atoms with E-state index < -0.39 is 0 Å². The molecule has 1 atom stereocenters. The predicted octanol–water partition coefficient (Wildman–Crippen LogP) is 1.94. The van der Waals surface area contributed by atoms with E-state index in [0.717, 1.165) is 24.7 Å². The molecular formula is C12H16BNO. The summed E-state index contributed by atoms with van der Waals surface area (Å²) in [6.07, 6.45) is 2.70. The molecule has 0 aliphatic carbocycles. The Bertz CT molecular complexity index is 289. The highest BCUT2D eigenvalue weighted by Crippen LogP contribution is 2.07. The van der Waals surface area contributed by atoms with E-state index in [9.17, 15) is 4.79 Å². The van der Waals surface area contributed by atoms with Gasteiger partial charge in [0, 0.05) is 6.54 Å². The van der Waals surface area contributed by atoms with Crippen molar-refractivity contribution in [3.05, 3.63) is 35.9 Å². The van der Waals surface area contributed by atoms with Crippen LogP contribution in [0.3, 0.4) is 0 Å². The lowest BCUT2D eigenvalue weighted by molar-refractivity contribution is -0.111. The zero-order chi connectivity index (χ0) is 11.1. The maximum atomic E-state index is 10.8. The first-order valence-corrected chi connectivity index (χ1v) is 5.28. The second-order valence-corrected chi connectivity index (χ2v) is 3.65. The largest absolute Gasteiger partial charge is 0.342 e. The Labute approximate surface area is 92.7 Å². The molecule has 0 spiro atoms. The van der Waals surface area contributed by atoms with Crippen LogP contribution in [0, 0.1) is 0 Å². The minimum Gasteiger partial charge on any atom is -0.342 e. The van der Waals surface area contributed by atoms with Gasteiger partial charge in [-0.15, -0.1) is 0 Å². The summed E-state index contributed by atoms with van der Waals surface area (Å²) in [7, 11) is 5.85. The van der Waals surface area contributed by atoms with Crippen LogP contribution in [0.15, 0.2) is 30.3 Å². The molecule has 1 rings (SSSR count). The minimum absolute atomic E-state index is 0.171. The third-order valence-electron chi connectivity index (χ3n) is 2.38. The Hall–Kier alpha value is -1.09. The van der Waals surface area contributed by atoms with E-state index in [0.29, 0.717) is 6.54 Å². The minimum atomic E-state index is -0.171. The van der Waals surface area contributed by atoms with Gasteiger partial charge in [-0.25, -0.2) is 0 Å². The van der Waals surface area contributed by atoms with E-state index in [1.807, 2.05) is 37.3 Å². The average Bonchev–Trinajstić information content (AvgIpc) is 2.27. The Morgan fingerprint density at radius 3 is 2.60 bits per heavy atom. The van der Waals surface area contributed by atoms with Crippen LogP contribution in [-0.4, -0.2) is 25.1 Å². The number of nitrogens with zero attached hydrogens (tertiary/aromatic N) is 1. The lowest BCUT2D eigenvalue weighted by Crippen LogP contribution is -2.33. The molecule has 0 bridgehead atoms. The first-order valence-electron chi connectivity index (χ1n) is 5.28. The second-order valence-electron chi connectivity index (χ2n) is 3.65. The van der Waals surface area contributed by atoms with Gasteiger partial charge in [0.05, 0.1) is 6.04 Å². The van der Waals surface area contributed by atoms with Crippen molar-refractivity contribution in [2.45, 2.75) is 32.4 Å². The summed E-state index contributed by atoms with van der Waals surface area (Å²) in [5.41, 5.74) is 1.13. The zero-order valence-corrected chi connectivity index (χ0v) is 9.10. The van der Waals surface area contributed by atoms with Gasteiger partial charge < -0.3 is 9.61 Å². The molecule has 0 amide bonds. The molecule has 0 heterocycles. The van der Waals surface area contributed by atoms with Gasteiger partial charge in [0.2, 0.25) is 0 Å². The first kappa shape index (κ1) is 12.0. The first-order chi connectivity index (χ1) is 7.27. The lowest BCUT2D eigenvalue weighted by atomic mass is 10.1. The number of hydrogen-bond acceptors (Lipinski definition) is 2. The molecule has 15 heavy (non-hydrogen) atoms. The van der Waals surface area contributed by atoms with Crippen molar-refractivity contribution in [1.29, 1.82) is 0 Å². The number of hydrogen-bond donors (Lipinski definition) is 0. The molecule has 0 aliphatic rings. The smallest absolute Gasteiger partial charge is 0.183 e. The summed E-state index contributed by atoms with van der Waals surface area (Å²) >= 11 is 0. The summed E-state index contributed by atoms with van der Waals surface area (Å²) in [4.78, 5) is 12.4. The quantitative estimate of drug-likeness (QED) is 0.517. The van der Waals surface area contributed by atoms with Crippen LogP contribution >= 0.6 is 0 Å². The molecule has 1 aromatic carbocycles. The fourth-order valence-electron chi connectivity index (χ4n) is 1.52. The van der Waals surface area contributed by atoms with Crippen molar-refractivity contribution in [1.82, 2.24) is 4.81 Å². The monoisotopic (exact) mass is 201 g/mol. The van der Waals surface area contributed by atoms with Crippen LogP contribution in [0.2, 0.25) is 0 Å². The van der Waals surface area contributed by atoms with Crippen molar-refractivity contribution in [3.63, 3.8) is 0 Å². The molecule has 78 valence electrons. The van der Waals surface area contributed by atoms with Crippen molar-refractivity contribution in [2.24, 2.45) is 0 Å². The summed E-state index contributed by atoms with van der Waals surface area (Å²) < 4.78 is 0. The van der Waals surface area contributed by atoms with Crippen molar-refractivity contribution < 1.29 is 4.79 Å². The van der Waals surface area contributed by atoms with Crippen LogP contribution in [0.4, 0.5) is 0 Å². The number of benzene rings is 1. The molecule has 0 fully saturated rings. The Kier molecular flexibility index (Phi) is 5.12. The lowest BCUT2D eigenvalue weighted by Gasteiger charge is -2.23. The molecule has 2 nitrogen and oxygen atoms in total. The molecule has 1 aromatic rings. The number of carbonyl (C=O) groups is 1. The molecule has 0 aliphatic heterocycles. The van der Waals surface area contributed by atoms with E-state index in [1.165, 1.54) is 0 Å². The maximum absolute atomic E-state index is 10.8. The van der Waals surface area contributed by atoms with E-state index in [-0.39, 0.29) is 6.04 Å². The SMILES string of the molecule is [B]N(Cc1ccccc1)[C@H](C=O)CCC. The topological polar surface area (TPSA) is 20.3 Å². The standard InChI is InChI=1S/C12H16BNO/c1-2-6-12(10-15)14(13)9-11-7-4-3-5-8-11/h3-5,7-8,10,12H,2,6,9H2,1H3/t12-/m0/s1. The molecule has 2 radical (unpaired) electrons. The Balaban J connectivity index is 2.53. The van der Waals surface area contributed by atoms with Gasteiger partial charge in [0.15, 0.2) is 7.98 Å². The van der Waals surface area contributed by atoms with Gasteiger partial charge in [-0.05, 0) is 12.0 Å². The van der Waals surface area contributed by atoms with E-state index >= 15 is 0 Å². The van der Waals surface area contributed by atoms with E-state index in [1.54, 1.807) is 4.81 Å².